The largest absolute Gasteiger partial charge is 0.388 e. The van der Waals surface area contributed by atoms with E-state index < -0.39 is 17.7 Å². The Hall–Kier alpha value is -0.960. The smallest absolute Gasteiger partial charge is 0.131 e. The molecule has 16 heavy (non-hydrogen) atoms. The van der Waals surface area contributed by atoms with Crippen molar-refractivity contribution >= 4 is 0 Å². The normalized spacial score (nSPS) is 19.0. The molecule has 1 N–H and O–H groups in total. The molecule has 3 heteroatoms. The summed E-state index contributed by atoms with van der Waals surface area (Å²) >= 11 is 0. The lowest BCUT2D eigenvalue weighted by Gasteiger charge is -2.19. The minimum absolute atomic E-state index is 0.124. The molecule has 1 saturated carbocycles. The SMILES string of the molecule is Cc1cc(C(O)C2CCCC2)c(F)cc1F. The lowest BCUT2D eigenvalue weighted by molar-refractivity contribution is 0.107. The van der Waals surface area contributed by atoms with Crippen LogP contribution in [0.2, 0.25) is 0 Å². The number of benzene rings is 1. The highest BCUT2D eigenvalue weighted by Crippen LogP contribution is 2.36. The minimum atomic E-state index is -0.790. The summed E-state index contributed by atoms with van der Waals surface area (Å²) in [5, 5.41) is 10.1. The van der Waals surface area contributed by atoms with E-state index in [1.54, 1.807) is 6.92 Å². The van der Waals surface area contributed by atoms with Crippen molar-refractivity contribution in [1.82, 2.24) is 0 Å². The summed E-state index contributed by atoms with van der Waals surface area (Å²) in [6.45, 7) is 1.58. The lowest BCUT2D eigenvalue weighted by Crippen LogP contribution is -2.11. The van der Waals surface area contributed by atoms with E-state index in [-0.39, 0.29) is 11.5 Å². The van der Waals surface area contributed by atoms with Gasteiger partial charge in [-0.2, -0.15) is 0 Å². The van der Waals surface area contributed by atoms with E-state index in [0.29, 0.717) is 5.56 Å². The fraction of sp³-hybridized carbons (Fsp3) is 0.538. The molecule has 0 saturated heterocycles. The van der Waals surface area contributed by atoms with E-state index in [9.17, 15) is 13.9 Å². The summed E-state index contributed by atoms with van der Waals surface area (Å²) in [5.41, 5.74) is 0.624. The van der Waals surface area contributed by atoms with Crippen molar-refractivity contribution in [2.75, 3.05) is 0 Å². The Balaban J connectivity index is 2.28. The van der Waals surface area contributed by atoms with Crippen LogP contribution in [-0.4, -0.2) is 5.11 Å². The highest BCUT2D eigenvalue weighted by atomic mass is 19.1. The van der Waals surface area contributed by atoms with Crippen LogP contribution in [0.15, 0.2) is 12.1 Å². The van der Waals surface area contributed by atoms with E-state index >= 15 is 0 Å². The molecule has 1 aromatic rings. The standard InChI is InChI=1S/C13H16F2O/c1-8-6-10(12(15)7-11(8)14)13(16)9-4-2-3-5-9/h6-7,9,13,16H,2-5H2,1H3. The van der Waals surface area contributed by atoms with Crippen molar-refractivity contribution in [3.8, 4) is 0 Å². The van der Waals surface area contributed by atoms with Crippen LogP contribution in [0.1, 0.15) is 42.9 Å². The molecular weight excluding hydrogens is 210 g/mol. The molecule has 1 nitrogen and oxygen atoms in total. The first-order chi connectivity index (χ1) is 7.59. The van der Waals surface area contributed by atoms with Crippen LogP contribution in [0.25, 0.3) is 0 Å². The zero-order valence-electron chi connectivity index (χ0n) is 9.34. The zero-order valence-corrected chi connectivity index (χ0v) is 9.34. The van der Waals surface area contributed by atoms with Crippen LogP contribution in [0.3, 0.4) is 0 Å². The number of aryl methyl sites for hydroxylation is 1. The van der Waals surface area contributed by atoms with Gasteiger partial charge >= 0.3 is 0 Å². The quantitative estimate of drug-likeness (QED) is 0.818. The molecule has 0 spiro atoms. The maximum absolute atomic E-state index is 13.5. The van der Waals surface area contributed by atoms with E-state index in [1.807, 2.05) is 0 Å². The van der Waals surface area contributed by atoms with E-state index in [4.69, 9.17) is 0 Å². The first-order valence-corrected chi connectivity index (χ1v) is 5.73. The zero-order chi connectivity index (χ0) is 11.7. The Morgan fingerprint density at radius 1 is 1.19 bits per heavy atom. The molecule has 1 atom stereocenters. The fourth-order valence-corrected chi connectivity index (χ4v) is 2.43. The van der Waals surface area contributed by atoms with Crippen LogP contribution < -0.4 is 0 Å². The van der Waals surface area contributed by atoms with Gasteiger partial charge < -0.3 is 5.11 Å². The van der Waals surface area contributed by atoms with Gasteiger partial charge in [-0.1, -0.05) is 12.8 Å². The van der Waals surface area contributed by atoms with Gasteiger partial charge in [-0.05, 0) is 37.3 Å². The highest BCUT2D eigenvalue weighted by molar-refractivity contribution is 5.27. The molecule has 2 rings (SSSR count). The molecule has 1 fully saturated rings. The third kappa shape index (κ3) is 2.09. The molecule has 0 radical (unpaired) electrons. The number of hydrogen-bond acceptors (Lipinski definition) is 1. The Bertz CT molecular complexity index is 384. The maximum atomic E-state index is 13.5. The summed E-state index contributed by atoms with van der Waals surface area (Å²) in [6, 6.07) is 2.29. The van der Waals surface area contributed by atoms with Gasteiger partial charge in [0.2, 0.25) is 0 Å². The van der Waals surface area contributed by atoms with Crippen molar-refractivity contribution in [2.24, 2.45) is 5.92 Å². The number of halogens is 2. The third-order valence-corrected chi connectivity index (χ3v) is 3.44. The predicted octanol–water partition coefficient (Wildman–Crippen LogP) is 3.50. The topological polar surface area (TPSA) is 20.2 Å². The van der Waals surface area contributed by atoms with Gasteiger partial charge in [-0.3, -0.25) is 0 Å². The monoisotopic (exact) mass is 226 g/mol. The Kier molecular flexibility index (Phi) is 3.24. The van der Waals surface area contributed by atoms with Crippen molar-refractivity contribution < 1.29 is 13.9 Å². The summed E-state index contributed by atoms with van der Waals surface area (Å²) in [4.78, 5) is 0. The first-order valence-electron chi connectivity index (χ1n) is 5.73. The van der Waals surface area contributed by atoms with Crippen LogP contribution in [0, 0.1) is 24.5 Å². The highest BCUT2D eigenvalue weighted by Gasteiger charge is 2.26. The number of aliphatic hydroxyl groups excluding tert-OH is 1. The third-order valence-electron chi connectivity index (χ3n) is 3.44. The van der Waals surface area contributed by atoms with Gasteiger partial charge in [-0.25, -0.2) is 8.78 Å². The van der Waals surface area contributed by atoms with E-state index in [1.165, 1.54) is 6.07 Å². The van der Waals surface area contributed by atoms with Gasteiger partial charge in [0, 0.05) is 11.6 Å². The second-order valence-electron chi connectivity index (χ2n) is 4.61. The van der Waals surface area contributed by atoms with Gasteiger partial charge in [0.1, 0.15) is 11.6 Å². The van der Waals surface area contributed by atoms with Crippen molar-refractivity contribution in [2.45, 2.75) is 38.7 Å². The lowest BCUT2D eigenvalue weighted by atomic mass is 9.93. The van der Waals surface area contributed by atoms with E-state index in [0.717, 1.165) is 31.7 Å². The molecule has 1 aromatic carbocycles. The first kappa shape index (κ1) is 11.5. The molecule has 1 aliphatic rings. The Labute approximate surface area is 94.1 Å². The van der Waals surface area contributed by atoms with Gasteiger partial charge in [0.05, 0.1) is 6.10 Å². The molecule has 0 aromatic heterocycles. The summed E-state index contributed by atoms with van der Waals surface area (Å²) in [6.07, 6.45) is 3.24. The Morgan fingerprint density at radius 2 is 1.81 bits per heavy atom. The maximum Gasteiger partial charge on any atom is 0.131 e. The molecule has 1 unspecified atom stereocenters. The summed E-state index contributed by atoms with van der Waals surface area (Å²) in [7, 11) is 0. The molecular formula is C13H16F2O. The van der Waals surface area contributed by atoms with Crippen molar-refractivity contribution in [3.05, 3.63) is 34.9 Å². The predicted molar refractivity (Wildman–Crippen MR) is 58.0 cm³/mol. The summed E-state index contributed by atoms with van der Waals surface area (Å²) in [5.74, 6) is -1.07. The average Bonchev–Trinajstić information content (AvgIpc) is 2.75. The minimum Gasteiger partial charge on any atom is -0.388 e. The second-order valence-corrected chi connectivity index (χ2v) is 4.61. The average molecular weight is 226 g/mol. The van der Waals surface area contributed by atoms with Crippen LogP contribution in [0.5, 0.6) is 0 Å². The number of hydrogen-bond donors (Lipinski definition) is 1. The molecule has 88 valence electrons. The van der Waals surface area contributed by atoms with Gasteiger partial charge in [0.15, 0.2) is 0 Å². The molecule has 0 amide bonds. The number of aliphatic hydroxyl groups is 1. The number of rotatable bonds is 2. The van der Waals surface area contributed by atoms with E-state index in [2.05, 4.69) is 0 Å². The Morgan fingerprint density at radius 3 is 2.44 bits per heavy atom. The summed E-state index contributed by atoms with van der Waals surface area (Å²) < 4.78 is 26.6. The fourth-order valence-electron chi connectivity index (χ4n) is 2.43. The van der Waals surface area contributed by atoms with Crippen LogP contribution in [-0.2, 0) is 0 Å². The molecule has 0 aliphatic heterocycles. The second kappa shape index (κ2) is 4.50. The van der Waals surface area contributed by atoms with Gasteiger partial charge in [-0.15, -0.1) is 0 Å². The van der Waals surface area contributed by atoms with Crippen LogP contribution in [0.4, 0.5) is 8.78 Å². The van der Waals surface area contributed by atoms with Crippen molar-refractivity contribution in [3.63, 3.8) is 0 Å². The van der Waals surface area contributed by atoms with Gasteiger partial charge in [0.25, 0.3) is 0 Å². The van der Waals surface area contributed by atoms with Crippen LogP contribution >= 0.6 is 0 Å². The molecule has 1 aliphatic carbocycles. The molecule has 0 heterocycles. The van der Waals surface area contributed by atoms with Crippen molar-refractivity contribution in [1.29, 1.82) is 0 Å². The molecule has 0 bridgehead atoms.